The highest BCUT2D eigenvalue weighted by Crippen LogP contribution is 2.34. The van der Waals surface area contributed by atoms with Crippen molar-refractivity contribution in [2.24, 2.45) is 0 Å². The Kier molecular flexibility index (Phi) is 4.67. The van der Waals surface area contributed by atoms with Gasteiger partial charge in [0.05, 0.1) is 27.2 Å². The number of fused-ring (bicyclic) bond motifs is 1. The molecule has 0 unspecified atom stereocenters. The van der Waals surface area contributed by atoms with Gasteiger partial charge in [0.2, 0.25) is 0 Å². The minimum Gasteiger partial charge on any atom is -0.478 e. The van der Waals surface area contributed by atoms with E-state index in [1.807, 2.05) is 0 Å². The summed E-state index contributed by atoms with van der Waals surface area (Å²) in [5, 5.41) is 35.4. The lowest BCUT2D eigenvalue weighted by Crippen LogP contribution is -2.21. The zero-order chi connectivity index (χ0) is 19.8. The van der Waals surface area contributed by atoms with E-state index in [1.54, 1.807) is 42.9 Å². The first kappa shape index (κ1) is 18.5. The molecule has 2 N–H and O–H groups in total. The highest BCUT2D eigenvalue weighted by Gasteiger charge is 2.19. The van der Waals surface area contributed by atoms with Crippen LogP contribution < -0.4 is 0 Å². The number of aromatic nitrogens is 2. The second-order valence-electron chi connectivity index (χ2n) is 7.02. The monoisotopic (exact) mass is 369 g/mol. The van der Waals surface area contributed by atoms with Crippen LogP contribution in [-0.4, -0.2) is 36.5 Å². The molecule has 0 aliphatic carbocycles. The number of nitro groups is 1. The standard InChI is InChI=1S/C19H19N3O5/c1-19(2,25)7-8-21-11-14-9-17(22(26)27)15(10-16(14)20-21)12-3-5-13(6-4-12)18(23)24/h3-6,9-11,25H,7-8H2,1-2H3,(H,23,24). The van der Waals surface area contributed by atoms with E-state index in [0.29, 0.717) is 35.0 Å². The third-order valence-corrected chi connectivity index (χ3v) is 4.26. The normalized spacial score (nSPS) is 11.7. The number of nitrogens with zero attached hydrogens (tertiary/aromatic N) is 3. The molecule has 27 heavy (non-hydrogen) atoms. The zero-order valence-corrected chi connectivity index (χ0v) is 14.9. The van der Waals surface area contributed by atoms with Gasteiger partial charge in [-0.3, -0.25) is 14.8 Å². The topological polar surface area (TPSA) is 118 Å². The maximum absolute atomic E-state index is 11.5. The van der Waals surface area contributed by atoms with Gasteiger partial charge in [0, 0.05) is 24.2 Å². The van der Waals surface area contributed by atoms with Gasteiger partial charge in [0.25, 0.3) is 5.69 Å². The molecule has 2 aromatic carbocycles. The molecule has 8 heteroatoms. The van der Waals surface area contributed by atoms with Crippen molar-refractivity contribution in [2.45, 2.75) is 32.4 Å². The number of nitro benzene ring substituents is 1. The lowest BCUT2D eigenvalue weighted by molar-refractivity contribution is -0.384. The van der Waals surface area contributed by atoms with Gasteiger partial charge >= 0.3 is 5.97 Å². The van der Waals surface area contributed by atoms with Crippen molar-refractivity contribution in [2.75, 3.05) is 0 Å². The molecule has 0 saturated carbocycles. The van der Waals surface area contributed by atoms with Gasteiger partial charge in [-0.2, -0.15) is 5.10 Å². The van der Waals surface area contributed by atoms with Crippen LogP contribution in [0.5, 0.6) is 0 Å². The number of aromatic carboxylic acids is 1. The number of aryl methyl sites for hydroxylation is 1. The van der Waals surface area contributed by atoms with E-state index >= 15 is 0 Å². The van der Waals surface area contributed by atoms with Crippen molar-refractivity contribution in [3.05, 3.63) is 58.3 Å². The third-order valence-electron chi connectivity index (χ3n) is 4.26. The Bertz CT molecular complexity index is 1020. The Morgan fingerprint density at radius 2 is 1.93 bits per heavy atom. The number of rotatable bonds is 6. The van der Waals surface area contributed by atoms with Gasteiger partial charge in [-0.1, -0.05) is 12.1 Å². The molecule has 0 radical (unpaired) electrons. The quantitative estimate of drug-likeness (QED) is 0.507. The Hall–Kier alpha value is -3.26. The highest BCUT2D eigenvalue weighted by molar-refractivity contribution is 5.91. The average molecular weight is 369 g/mol. The summed E-state index contributed by atoms with van der Waals surface area (Å²) >= 11 is 0. The van der Waals surface area contributed by atoms with Crippen molar-refractivity contribution < 1.29 is 19.9 Å². The summed E-state index contributed by atoms with van der Waals surface area (Å²) in [5.74, 6) is -1.06. The predicted octanol–water partition coefficient (Wildman–Crippen LogP) is 3.47. The molecule has 0 saturated heterocycles. The summed E-state index contributed by atoms with van der Waals surface area (Å²) < 4.78 is 1.66. The minimum absolute atomic E-state index is 0.0763. The first-order chi connectivity index (χ1) is 12.6. The van der Waals surface area contributed by atoms with E-state index in [-0.39, 0.29) is 11.3 Å². The number of carboxylic acids is 1. The van der Waals surface area contributed by atoms with E-state index < -0.39 is 16.5 Å². The molecule has 0 bridgehead atoms. The predicted molar refractivity (Wildman–Crippen MR) is 99.7 cm³/mol. The first-order valence-corrected chi connectivity index (χ1v) is 8.36. The molecule has 1 aromatic heterocycles. The molecule has 3 aromatic rings. The summed E-state index contributed by atoms with van der Waals surface area (Å²) in [6, 6.07) is 9.00. The van der Waals surface area contributed by atoms with Crippen molar-refractivity contribution in [3.8, 4) is 11.1 Å². The molecule has 0 spiro atoms. The summed E-state index contributed by atoms with van der Waals surface area (Å²) in [4.78, 5) is 22.1. The summed E-state index contributed by atoms with van der Waals surface area (Å²) in [7, 11) is 0. The molecule has 0 atom stereocenters. The third kappa shape index (κ3) is 4.12. The fraction of sp³-hybridized carbons (Fsp3) is 0.263. The Balaban J connectivity index is 2.04. The lowest BCUT2D eigenvalue weighted by Gasteiger charge is -2.16. The van der Waals surface area contributed by atoms with E-state index in [2.05, 4.69) is 5.10 Å². The van der Waals surface area contributed by atoms with E-state index in [4.69, 9.17) is 5.11 Å². The van der Waals surface area contributed by atoms with Crippen molar-refractivity contribution in [3.63, 3.8) is 0 Å². The van der Waals surface area contributed by atoms with Crippen molar-refractivity contribution >= 4 is 22.6 Å². The van der Waals surface area contributed by atoms with Gasteiger partial charge < -0.3 is 10.2 Å². The summed E-state index contributed by atoms with van der Waals surface area (Å²) in [6.45, 7) is 3.90. The highest BCUT2D eigenvalue weighted by atomic mass is 16.6. The second-order valence-corrected chi connectivity index (χ2v) is 7.02. The van der Waals surface area contributed by atoms with E-state index in [1.165, 1.54) is 18.2 Å². The smallest absolute Gasteiger partial charge is 0.335 e. The van der Waals surface area contributed by atoms with Crippen LogP contribution in [0, 0.1) is 10.1 Å². The van der Waals surface area contributed by atoms with Crippen LogP contribution >= 0.6 is 0 Å². The minimum atomic E-state index is -1.06. The average Bonchev–Trinajstić information content (AvgIpc) is 3.00. The number of hydrogen-bond acceptors (Lipinski definition) is 5. The molecule has 0 fully saturated rings. The maximum atomic E-state index is 11.5. The van der Waals surface area contributed by atoms with Gasteiger partial charge in [-0.15, -0.1) is 0 Å². The van der Waals surface area contributed by atoms with Crippen LogP contribution in [0.25, 0.3) is 22.0 Å². The van der Waals surface area contributed by atoms with Crippen LogP contribution in [-0.2, 0) is 6.54 Å². The molecule has 0 aliphatic heterocycles. The Labute approximate surface area is 154 Å². The molecular weight excluding hydrogens is 350 g/mol. The number of hydrogen-bond donors (Lipinski definition) is 2. The Morgan fingerprint density at radius 1 is 1.26 bits per heavy atom. The van der Waals surface area contributed by atoms with Crippen LogP contribution in [0.1, 0.15) is 30.6 Å². The van der Waals surface area contributed by atoms with E-state index in [9.17, 15) is 20.0 Å². The molecule has 8 nitrogen and oxygen atoms in total. The molecule has 3 rings (SSSR count). The van der Waals surface area contributed by atoms with Crippen molar-refractivity contribution in [1.82, 2.24) is 9.78 Å². The van der Waals surface area contributed by atoms with Gasteiger partial charge in [-0.05, 0) is 44.0 Å². The van der Waals surface area contributed by atoms with Gasteiger partial charge in [0.1, 0.15) is 0 Å². The molecule has 0 amide bonds. The largest absolute Gasteiger partial charge is 0.478 e. The van der Waals surface area contributed by atoms with Crippen LogP contribution in [0.3, 0.4) is 0 Å². The Morgan fingerprint density at radius 3 is 2.48 bits per heavy atom. The van der Waals surface area contributed by atoms with Crippen LogP contribution in [0.2, 0.25) is 0 Å². The van der Waals surface area contributed by atoms with E-state index in [0.717, 1.165) is 0 Å². The lowest BCUT2D eigenvalue weighted by atomic mass is 10.0. The summed E-state index contributed by atoms with van der Waals surface area (Å²) in [5.41, 5.74) is 0.706. The zero-order valence-electron chi connectivity index (χ0n) is 14.9. The number of carboxylic acid groups (broad SMARTS) is 1. The second kappa shape index (κ2) is 6.81. The first-order valence-electron chi connectivity index (χ1n) is 8.36. The maximum Gasteiger partial charge on any atom is 0.335 e. The van der Waals surface area contributed by atoms with Gasteiger partial charge in [0.15, 0.2) is 0 Å². The molecule has 1 heterocycles. The van der Waals surface area contributed by atoms with Gasteiger partial charge in [-0.25, -0.2) is 4.79 Å². The molecular formula is C19H19N3O5. The molecule has 140 valence electrons. The van der Waals surface area contributed by atoms with Crippen LogP contribution in [0.15, 0.2) is 42.6 Å². The van der Waals surface area contributed by atoms with Crippen molar-refractivity contribution in [1.29, 1.82) is 0 Å². The SMILES string of the molecule is CC(C)(O)CCn1cc2cc([N+](=O)[O-])c(-c3ccc(C(=O)O)cc3)cc2n1. The fourth-order valence-corrected chi connectivity index (χ4v) is 2.79. The number of aliphatic hydroxyl groups is 1. The molecule has 0 aliphatic rings. The summed E-state index contributed by atoms with van der Waals surface area (Å²) in [6.07, 6.45) is 2.21. The number of benzene rings is 2. The van der Waals surface area contributed by atoms with Crippen LogP contribution in [0.4, 0.5) is 5.69 Å². The fourth-order valence-electron chi connectivity index (χ4n) is 2.79. The number of carbonyl (C=O) groups is 1.